The first kappa shape index (κ1) is 14.1. The lowest BCUT2D eigenvalue weighted by atomic mass is 10.2. The Morgan fingerprint density at radius 1 is 1.33 bits per heavy atom. The van der Waals surface area contributed by atoms with Gasteiger partial charge in [0, 0.05) is 0 Å². The number of hydrogen-bond donors (Lipinski definition) is 1. The summed E-state index contributed by atoms with van der Waals surface area (Å²) in [4.78, 5) is 10.4. The van der Waals surface area contributed by atoms with E-state index in [1.807, 2.05) is 0 Å². The Hall–Kier alpha value is -1.92. The molecule has 0 saturated carbocycles. The first-order chi connectivity index (χ1) is 8.28. The van der Waals surface area contributed by atoms with Crippen molar-refractivity contribution in [2.24, 2.45) is 0 Å². The number of carbonyl (C=O) groups is 1. The van der Waals surface area contributed by atoms with Gasteiger partial charge in [0.2, 0.25) is 0 Å². The molecule has 0 aliphatic rings. The average molecular weight is 264 g/mol. The predicted molar refractivity (Wildman–Crippen MR) is 55.5 cm³/mol. The van der Waals surface area contributed by atoms with Gasteiger partial charge in [-0.2, -0.15) is 0 Å². The van der Waals surface area contributed by atoms with Crippen molar-refractivity contribution in [1.82, 2.24) is 0 Å². The Labute approximate surface area is 101 Å². The van der Waals surface area contributed by atoms with Crippen LogP contribution in [0.2, 0.25) is 0 Å². The summed E-state index contributed by atoms with van der Waals surface area (Å²) in [5.74, 6) is -1.75. The minimum Gasteiger partial charge on any atom is -0.486 e. The number of carboxylic acids is 1. The van der Waals surface area contributed by atoms with E-state index in [9.17, 15) is 18.0 Å². The van der Waals surface area contributed by atoms with Crippen molar-refractivity contribution in [2.75, 3.05) is 0 Å². The fraction of sp³-hybridized carbons (Fsp3) is 0.364. The maximum absolute atomic E-state index is 12.1. The molecule has 1 rings (SSSR count). The van der Waals surface area contributed by atoms with Crippen molar-refractivity contribution in [1.29, 1.82) is 0 Å². The van der Waals surface area contributed by atoms with Gasteiger partial charge in [0.25, 0.3) is 0 Å². The Kier molecular flexibility index (Phi) is 4.41. The van der Waals surface area contributed by atoms with Gasteiger partial charge in [-0.1, -0.05) is 12.1 Å². The molecule has 4 nitrogen and oxygen atoms in total. The summed E-state index contributed by atoms with van der Waals surface area (Å²) in [7, 11) is 0. The van der Waals surface area contributed by atoms with E-state index < -0.39 is 24.2 Å². The highest BCUT2D eigenvalue weighted by atomic mass is 19.4. The number of aliphatic carboxylic acids is 1. The van der Waals surface area contributed by atoms with E-state index in [0.29, 0.717) is 0 Å². The minimum atomic E-state index is -4.82. The van der Waals surface area contributed by atoms with E-state index in [-0.39, 0.29) is 12.2 Å². The molecule has 0 fully saturated rings. The summed E-state index contributed by atoms with van der Waals surface area (Å²) >= 11 is 0. The van der Waals surface area contributed by atoms with E-state index in [1.54, 1.807) is 0 Å². The molecule has 0 bridgehead atoms. The van der Waals surface area contributed by atoms with Crippen molar-refractivity contribution in [3.05, 3.63) is 24.3 Å². The van der Waals surface area contributed by atoms with Crippen LogP contribution in [0.25, 0.3) is 0 Å². The zero-order valence-electron chi connectivity index (χ0n) is 9.40. The van der Waals surface area contributed by atoms with Crippen LogP contribution in [0.3, 0.4) is 0 Å². The Balaban J connectivity index is 2.79. The summed E-state index contributed by atoms with van der Waals surface area (Å²) < 4.78 is 45.2. The monoisotopic (exact) mass is 264 g/mol. The van der Waals surface area contributed by atoms with Crippen LogP contribution in [0, 0.1) is 0 Å². The highest BCUT2D eigenvalue weighted by molar-refractivity contribution is 5.67. The van der Waals surface area contributed by atoms with Crippen LogP contribution in [0.1, 0.15) is 13.3 Å². The number of benzene rings is 1. The van der Waals surface area contributed by atoms with Crippen LogP contribution >= 0.6 is 0 Å². The Morgan fingerprint density at radius 2 is 1.89 bits per heavy atom. The molecule has 7 heteroatoms. The van der Waals surface area contributed by atoms with E-state index in [0.717, 1.165) is 6.07 Å². The molecule has 0 unspecified atom stereocenters. The van der Waals surface area contributed by atoms with Crippen LogP contribution in [-0.2, 0) is 4.79 Å². The van der Waals surface area contributed by atoms with Gasteiger partial charge >= 0.3 is 12.3 Å². The second-order valence-electron chi connectivity index (χ2n) is 3.52. The van der Waals surface area contributed by atoms with Gasteiger partial charge in [-0.15, -0.1) is 13.2 Å². The van der Waals surface area contributed by atoms with Crippen molar-refractivity contribution in [3.63, 3.8) is 0 Å². The van der Waals surface area contributed by atoms with Gasteiger partial charge in [0.1, 0.15) is 6.10 Å². The molecule has 0 aliphatic carbocycles. The second-order valence-corrected chi connectivity index (χ2v) is 3.52. The van der Waals surface area contributed by atoms with E-state index in [4.69, 9.17) is 9.84 Å². The molecular formula is C11H11F3O4. The zero-order chi connectivity index (χ0) is 13.8. The third kappa shape index (κ3) is 4.94. The van der Waals surface area contributed by atoms with Gasteiger partial charge in [0.15, 0.2) is 11.5 Å². The van der Waals surface area contributed by atoms with Gasteiger partial charge in [-0.05, 0) is 19.1 Å². The first-order valence-electron chi connectivity index (χ1n) is 5.01. The SMILES string of the molecule is C[C@@H](CC(=O)O)Oc1ccccc1OC(F)(F)F. The fourth-order valence-electron chi connectivity index (χ4n) is 1.26. The normalized spacial score (nSPS) is 12.9. The molecule has 0 heterocycles. The molecule has 0 spiro atoms. The number of ether oxygens (including phenoxy) is 2. The second kappa shape index (κ2) is 5.61. The van der Waals surface area contributed by atoms with Gasteiger partial charge < -0.3 is 14.6 Å². The van der Waals surface area contributed by atoms with E-state index in [2.05, 4.69) is 4.74 Å². The summed E-state index contributed by atoms with van der Waals surface area (Å²) in [6, 6.07) is 5.19. The lowest BCUT2D eigenvalue weighted by Crippen LogP contribution is -2.20. The molecule has 1 N–H and O–H groups in total. The number of hydrogen-bond acceptors (Lipinski definition) is 3. The Bertz CT molecular complexity index is 417. The number of alkyl halides is 3. The predicted octanol–water partition coefficient (Wildman–Crippen LogP) is 2.83. The molecule has 1 aromatic carbocycles. The molecule has 0 radical (unpaired) electrons. The largest absolute Gasteiger partial charge is 0.573 e. The minimum absolute atomic E-state index is 0.149. The average Bonchev–Trinajstić information content (AvgIpc) is 2.17. The van der Waals surface area contributed by atoms with Crippen molar-refractivity contribution in [3.8, 4) is 11.5 Å². The lowest BCUT2D eigenvalue weighted by molar-refractivity contribution is -0.275. The van der Waals surface area contributed by atoms with Crippen LogP contribution in [-0.4, -0.2) is 23.5 Å². The standard InChI is InChI=1S/C11H11F3O4/c1-7(6-10(15)16)17-8-4-2-3-5-9(8)18-11(12,13)14/h2-5,7H,6H2,1H3,(H,15,16)/t7-/m0/s1. The summed E-state index contributed by atoms with van der Waals surface area (Å²) in [5, 5.41) is 8.53. The molecule has 18 heavy (non-hydrogen) atoms. The molecule has 100 valence electrons. The van der Waals surface area contributed by atoms with Crippen LogP contribution in [0.15, 0.2) is 24.3 Å². The number of rotatable bonds is 5. The van der Waals surface area contributed by atoms with Crippen molar-refractivity contribution >= 4 is 5.97 Å². The molecule has 0 aliphatic heterocycles. The maximum atomic E-state index is 12.1. The van der Waals surface area contributed by atoms with E-state index >= 15 is 0 Å². The lowest BCUT2D eigenvalue weighted by Gasteiger charge is -2.17. The third-order valence-corrected chi connectivity index (χ3v) is 1.87. The van der Waals surface area contributed by atoms with Crippen LogP contribution in [0.4, 0.5) is 13.2 Å². The topological polar surface area (TPSA) is 55.8 Å². The molecule has 0 aromatic heterocycles. The fourth-order valence-corrected chi connectivity index (χ4v) is 1.26. The highest BCUT2D eigenvalue weighted by Gasteiger charge is 2.32. The summed E-state index contributed by atoms with van der Waals surface area (Å²) in [6.07, 6.45) is -5.91. The first-order valence-corrected chi connectivity index (χ1v) is 5.01. The zero-order valence-corrected chi connectivity index (χ0v) is 9.40. The van der Waals surface area contributed by atoms with Crippen molar-refractivity contribution < 1.29 is 32.5 Å². The number of para-hydroxylation sites is 2. The number of carboxylic acid groups (broad SMARTS) is 1. The molecule has 1 aromatic rings. The quantitative estimate of drug-likeness (QED) is 0.888. The van der Waals surface area contributed by atoms with Gasteiger partial charge in [-0.3, -0.25) is 4.79 Å². The molecular weight excluding hydrogens is 253 g/mol. The number of halogens is 3. The molecule has 0 saturated heterocycles. The van der Waals surface area contributed by atoms with Gasteiger partial charge in [0.05, 0.1) is 6.42 Å². The smallest absolute Gasteiger partial charge is 0.486 e. The summed E-state index contributed by atoms with van der Waals surface area (Å²) in [6.45, 7) is 1.44. The maximum Gasteiger partial charge on any atom is 0.573 e. The summed E-state index contributed by atoms with van der Waals surface area (Å²) in [5.41, 5.74) is 0. The van der Waals surface area contributed by atoms with Gasteiger partial charge in [-0.25, -0.2) is 0 Å². The molecule has 1 atom stereocenters. The third-order valence-electron chi connectivity index (χ3n) is 1.87. The highest BCUT2D eigenvalue weighted by Crippen LogP contribution is 2.32. The van der Waals surface area contributed by atoms with Crippen LogP contribution < -0.4 is 9.47 Å². The van der Waals surface area contributed by atoms with Crippen molar-refractivity contribution in [2.45, 2.75) is 25.8 Å². The van der Waals surface area contributed by atoms with Crippen LogP contribution in [0.5, 0.6) is 11.5 Å². The van der Waals surface area contributed by atoms with E-state index in [1.165, 1.54) is 25.1 Å². The Morgan fingerprint density at radius 3 is 2.39 bits per heavy atom. The molecule has 0 amide bonds.